The van der Waals surface area contributed by atoms with Crippen LogP contribution < -0.4 is 16.2 Å². The van der Waals surface area contributed by atoms with E-state index in [2.05, 4.69) is 4.98 Å². The van der Waals surface area contributed by atoms with Gasteiger partial charge in [-0.3, -0.25) is 0 Å². The number of pyridine rings is 1. The molecule has 2 aromatic rings. The van der Waals surface area contributed by atoms with E-state index in [9.17, 15) is 0 Å². The van der Waals surface area contributed by atoms with Gasteiger partial charge in [0, 0.05) is 6.20 Å². The number of benzene rings is 1. The fraction of sp³-hybridized carbons (Fsp3) is 0.267. The van der Waals surface area contributed by atoms with Crippen LogP contribution in [0.2, 0.25) is 10.2 Å². The lowest BCUT2D eigenvalue weighted by molar-refractivity contribution is 0.389. The van der Waals surface area contributed by atoms with Gasteiger partial charge < -0.3 is 16.2 Å². The average molecular weight is 326 g/mol. The molecule has 4 nitrogen and oxygen atoms in total. The summed E-state index contributed by atoms with van der Waals surface area (Å²) in [6, 6.07) is 8.43. The highest BCUT2D eigenvalue weighted by molar-refractivity contribution is 6.32. The van der Waals surface area contributed by atoms with Gasteiger partial charge in [-0.2, -0.15) is 0 Å². The standard InChI is InChI=1S/C15H17Cl2N3O/c1-15(19,10-4-6-13(17)20-8-10)14(18)9-3-5-11(16)12(7-9)21-2/h3-8,14H,18-19H2,1-2H3/t14-,15+/m1/s1. The van der Waals surface area contributed by atoms with E-state index in [0.29, 0.717) is 15.9 Å². The minimum absolute atomic E-state index is 0.413. The summed E-state index contributed by atoms with van der Waals surface area (Å²) in [6.07, 6.45) is 1.63. The molecular weight excluding hydrogens is 309 g/mol. The van der Waals surface area contributed by atoms with Crippen LogP contribution in [0.4, 0.5) is 0 Å². The van der Waals surface area contributed by atoms with Gasteiger partial charge >= 0.3 is 0 Å². The zero-order valence-electron chi connectivity index (χ0n) is 11.8. The third kappa shape index (κ3) is 3.30. The Morgan fingerprint density at radius 1 is 1.24 bits per heavy atom. The first-order valence-corrected chi connectivity index (χ1v) is 7.11. The Bertz CT molecular complexity index is 629. The quantitative estimate of drug-likeness (QED) is 0.846. The van der Waals surface area contributed by atoms with Gasteiger partial charge in [-0.1, -0.05) is 35.3 Å². The molecule has 0 fully saturated rings. The summed E-state index contributed by atoms with van der Waals surface area (Å²) >= 11 is 11.8. The number of methoxy groups -OCH3 is 1. The molecular formula is C15H17Cl2N3O. The predicted molar refractivity (Wildman–Crippen MR) is 85.7 cm³/mol. The van der Waals surface area contributed by atoms with Crippen molar-refractivity contribution in [2.45, 2.75) is 18.5 Å². The summed E-state index contributed by atoms with van der Waals surface area (Å²) in [4.78, 5) is 4.05. The molecule has 0 aliphatic carbocycles. The largest absolute Gasteiger partial charge is 0.495 e. The van der Waals surface area contributed by atoms with E-state index in [1.165, 1.54) is 0 Å². The van der Waals surface area contributed by atoms with Crippen molar-refractivity contribution in [2.24, 2.45) is 11.5 Å². The van der Waals surface area contributed by atoms with Crippen molar-refractivity contribution < 1.29 is 4.74 Å². The Morgan fingerprint density at radius 3 is 2.52 bits per heavy atom. The highest BCUT2D eigenvalue weighted by atomic mass is 35.5. The number of aromatic nitrogens is 1. The van der Waals surface area contributed by atoms with Crippen LogP contribution in [0.25, 0.3) is 0 Å². The van der Waals surface area contributed by atoms with E-state index in [1.54, 1.807) is 31.5 Å². The monoisotopic (exact) mass is 325 g/mol. The van der Waals surface area contributed by atoms with E-state index in [4.69, 9.17) is 39.4 Å². The number of rotatable bonds is 4. The Hall–Kier alpha value is -1.33. The van der Waals surface area contributed by atoms with Crippen LogP contribution in [-0.2, 0) is 5.54 Å². The molecule has 0 amide bonds. The van der Waals surface area contributed by atoms with Crippen LogP contribution >= 0.6 is 23.2 Å². The topological polar surface area (TPSA) is 74.2 Å². The summed E-state index contributed by atoms with van der Waals surface area (Å²) in [7, 11) is 1.56. The van der Waals surface area contributed by atoms with Crippen LogP contribution in [0.1, 0.15) is 24.1 Å². The maximum atomic E-state index is 6.41. The Balaban J connectivity index is 2.37. The number of hydrogen-bond acceptors (Lipinski definition) is 4. The van der Waals surface area contributed by atoms with Gasteiger partial charge in [0.1, 0.15) is 10.9 Å². The van der Waals surface area contributed by atoms with Crippen molar-refractivity contribution in [3.05, 3.63) is 57.8 Å². The number of ether oxygens (including phenoxy) is 1. The van der Waals surface area contributed by atoms with E-state index in [0.717, 1.165) is 11.1 Å². The molecule has 112 valence electrons. The van der Waals surface area contributed by atoms with Gasteiger partial charge in [-0.05, 0) is 36.2 Å². The number of halogens is 2. The van der Waals surface area contributed by atoms with E-state index in [1.807, 2.05) is 19.1 Å². The lowest BCUT2D eigenvalue weighted by Gasteiger charge is -2.32. The molecule has 21 heavy (non-hydrogen) atoms. The summed E-state index contributed by atoms with van der Waals surface area (Å²) < 4.78 is 5.21. The first kappa shape index (κ1) is 16.0. The van der Waals surface area contributed by atoms with Crippen LogP contribution in [-0.4, -0.2) is 12.1 Å². The molecule has 2 rings (SSSR count). The van der Waals surface area contributed by atoms with Gasteiger partial charge in [-0.25, -0.2) is 4.98 Å². The molecule has 6 heteroatoms. The van der Waals surface area contributed by atoms with Gasteiger partial charge in [0.25, 0.3) is 0 Å². The minimum atomic E-state index is -0.809. The SMILES string of the molecule is COc1cc([C@@H](N)[C@@](C)(N)c2ccc(Cl)nc2)ccc1Cl. The number of hydrogen-bond donors (Lipinski definition) is 2. The second kappa shape index (κ2) is 6.20. The minimum Gasteiger partial charge on any atom is -0.495 e. The molecule has 0 bridgehead atoms. The lowest BCUT2D eigenvalue weighted by Crippen LogP contribution is -2.44. The molecule has 0 spiro atoms. The zero-order chi connectivity index (χ0) is 15.6. The molecule has 0 radical (unpaired) electrons. The summed E-state index contributed by atoms with van der Waals surface area (Å²) in [5.41, 5.74) is 13.6. The summed E-state index contributed by atoms with van der Waals surface area (Å²) in [5, 5.41) is 0.941. The second-order valence-corrected chi connectivity index (χ2v) is 5.82. The first-order valence-electron chi connectivity index (χ1n) is 6.36. The molecule has 1 aromatic carbocycles. The molecule has 1 heterocycles. The van der Waals surface area contributed by atoms with Crippen molar-refractivity contribution in [2.75, 3.05) is 7.11 Å². The predicted octanol–water partition coefficient (Wildman–Crippen LogP) is 3.27. The van der Waals surface area contributed by atoms with Crippen molar-refractivity contribution >= 4 is 23.2 Å². The van der Waals surface area contributed by atoms with Crippen LogP contribution in [0.5, 0.6) is 5.75 Å². The molecule has 2 atom stereocenters. The summed E-state index contributed by atoms with van der Waals surface area (Å²) in [6.45, 7) is 1.85. The van der Waals surface area contributed by atoms with Crippen molar-refractivity contribution in [1.82, 2.24) is 4.98 Å². The third-order valence-electron chi connectivity index (χ3n) is 3.53. The highest BCUT2D eigenvalue weighted by Gasteiger charge is 2.31. The number of nitrogens with two attached hydrogens (primary N) is 2. The second-order valence-electron chi connectivity index (χ2n) is 5.02. The van der Waals surface area contributed by atoms with E-state index in [-0.39, 0.29) is 0 Å². The van der Waals surface area contributed by atoms with Crippen LogP contribution in [0, 0.1) is 0 Å². The zero-order valence-corrected chi connectivity index (χ0v) is 13.3. The van der Waals surface area contributed by atoms with Gasteiger partial charge in [0.2, 0.25) is 0 Å². The first-order chi connectivity index (χ1) is 9.86. The number of nitrogens with zero attached hydrogens (tertiary/aromatic N) is 1. The third-order valence-corrected chi connectivity index (χ3v) is 4.07. The average Bonchev–Trinajstić information content (AvgIpc) is 2.47. The normalized spacial score (nSPS) is 15.3. The van der Waals surface area contributed by atoms with Gasteiger partial charge in [-0.15, -0.1) is 0 Å². The van der Waals surface area contributed by atoms with Crippen molar-refractivity contribution in [3.63, 3.8) is 0 Å². The maximum absolute atomic E-state index is 6.41. The Kier molecular flexibility index (Phi) is 4.74. The van der Waals surface area contributed by atoms with Crippen molar-refractivity contribution in [1.29, 1.82) is 0 Å². The highest BCUT2D eigenvalue weighted by Crippen LogP contribution is 2.34. The summed E-state index contributed by atoms with van der Waals surface area (Å²) in [5.74, 6) is 0.564. The smallest absolute Gasteiger partial charge is 0.137 e. The molecule has 0 saturated carbocycles. The fourth-order valence-electron chi connectivity index (χ4n) is 2.09. The molecule has 4 N–H and O–H groups in total. The molecule has 0 saturated heterocycles. The Morgan fingerprint density at radius 2 is 1.95 bits per heavy atom. The molecule has 0 unspecified atom stereocenters. The fourth-order valence-corrected chi connectivity index (χ4v) is 2.40. The lowest BCUT2D eigenvalue weighted by atomic mass is 9.83. The Labute approximate surface area is 134 Å². The van der Waals surface area contributed by atoms with Crippen LogP contribution in [0.3, 0.4) is 0 Å². The van der Waals surface area contributed by atoms with Gasteiger partial charge in [0.15, 0.2) is 0 Å². The molecule has 0 aliphatic rings. The van der Waals surface area contributed by atoms with Crippen molar-refractivity contribution in [3.8, 4) is 5.75 Å². The van der Waals surface area contributed by atoms with Gasteiger partial charge in [0.05, 0.1) is 23.7 Å². The molecule has 1 aromatic heterocycles. The maximum Gasteiger partial charge on any atom is 0.137 e. The van der Waals surface area contributed by atoms with E-state index < -0.39 is 11.6 Å². The molecule has 0 aliphatic heterocycles. The van der Waals surface area contributed by atoms with Crippen LogP contribution in [0.15, 0.2) is 36.5 Å². The van der Waals surface area contributed by atoms with E-state index >= 15 is 0 Å².